The third-order valence-corrected chi connectivity index (χ3v) is 2.39. The van der Waals surface area contributed by atoms with Gasteiger partial charge < -0.3 is 9.47 Å². The Hall–Kier alpha value is -1.19. The Labute approximate surface area is 90.0 Å². The van der Waals surface area contributed by atoms with Gasteiger partial charge in [-0.3, -0.25) is 4.79 Å². The van der Waals surface area contributed by atoms with Gasteiger partial charge in [0.25, 0.3) is 0 Å². The first kappa shape index (κ1) is 11.9. The molecule has 1 unspecified atom stereocenters. The predicted octanol–water partition coefficient (Wildman–Crippen LogP) is 1.92. The summed E-state index contributed by atoms with van der Waals surface area (Å²) in [7, 11) is 3.06. The SMILES string of the molecule is COCC(C)(OC)C(=O)c1ccccc1. The van der Waals surface area contributed by atoms with E-state index in [-0.39, 0.29) is 12.4 Å². The molecule has 0 saturated carbocycles. The highest BCUT2D eigenvalue weighted by Crippen LogP contribution is 2.17. The van der Waals surface area contributed by atoms with Crippen molar-refractivity contribution in [1.29, 1.82) is 0 Å². The number of hydrogen-bond acceptors (Lipinski definition) is 3. The standard InChI is InChI=1S/C12H16O3/c1-12(15-3,9-14-2)11(13)10-7-5-4-6-8-10/h4-8H,9H2,1-3H3. The molecule has 0 radical (unpaired) electrons. The minimum Gasteiger partial charge on any atom is -0.381 e. The Morgan fingerprint density at radius 1 is 1.27 bits per heavy atom. The average molecular weight is 208 g/mol. The van der Waals surface area contributed by atoms with Gasteiger partial charge in [0, 0.05) is 19.8 Å². The summed E-state index contributed by atoms with van der Waals surface area (Å²) in [5, 5.41) is 0. The Morgan fingerprint density at radius 2 is 1.87 bits per heavy atom. The fourth-order valence-electron chi connectivity index (χ4n) is 1.39. The Kier molecular flexibility index (Phi) is 4.00. The zero-order valence-electron chi connectivity index (χ0n) is 9.32. The van der Waals surface area contributed by atoms with Crippen LogP contribution in [0.3, 0.4) is 0 Å². The van der Waals surface area contributed by atoms with Gasteiger partial charge in [-0.2, -0.15) is 0 Å². The van der Waals surface area contributed by atoms with E-state index in [0.717, 1.165) is 0 Å². The summed E-state index contributed by atoms with van der Waals surface area (Å²) in [6.07, 6.45) is 0. The number of hydrogen-bond donors (Lipinski definition) is 0. The third-order valence-electron chi connectivity index (χ3n) is 2.39. The molecule has 3 heteroatoms. The fraction of sp³-hybridized carbons (Fsp3) is 0.417. The van der Waals surface area contributed by atoms with Crippen molar-refractivity contribution < 1.29 is 14.3 Å². The van der Waals surface area contributed by atoms with Crippen LogP contribution in [0.15, 0.2) is 30.3 Å². The number of ether oxygens (including phenoxy) is 2. The van der Waals surface area contributed by atoms with Crippen LogP contribution in [0.4, 0.5) is 0 Å². The van der Waals surface area contributed by atoms with Crippen LogP contribution in [-0.2, 0) is 9.47 Å². The molecule has 1 rings (SSSR count). The molecule has 82 valence electrons. The van der Waals surface area contributed by atoms with Gasteiger partial charge in [-0.15, -0.1) is 0 Å². The number of carbonyl (C=O) groups is 1. The topological polar surface area (TPSA) is 35.5 Å². The molecule has 0 spiro atoms. The molecule has 0 amide bonds. The molecule has 1 atom stereocenters. The monoisotopic (exact) mass is 208 g/mol. The number of rotatable bonds is 5. The number of benzene rings is 1. The van der Waals surface area contributed by atoms with Gasteiger partial charge >= 0.3 is 0 Å². The summed E-state index contributed by atoms with van der Waals surface area (Å²) in [6.45, 7) is 1.98. The van der Waals surface area contributed by atoms with Crippen molar-refractivity contribution >= 4 is 5.78 Å². The largest absolute Gasteiger partial charge is 0.381 e. The lowest BCUT2D eigenvalue weighted by molar-refractivity contribution is -0.0308. The highest BCUT2D eigenvalue weighted by molar-refractivity contribution is 6.02. The van der Waals surface area contributed by atoms with Crippen molar-refractivity contribution in [3.63, 3.8) is 0 Å². The van der Waals surface area contributed by atoms with Crippen molar-refractivity contribution in [2.24, 2.45) is 0 Å². The molecule has 0 aliphatic rings. The molecule has 1 aromatic carbocycles. The van der Waals surface area contributed by atoms with Crippen molar-refractivity contribution in [3.05, 3.63) is 35.9 Å². The van der Waals surface area contributed by atoms with E-state index in [1.165, 1.54) is 7.11 Å². The molecule has 1 aromatic rings. The molecule has 0 saturated heterocycles. The van der Waals surface area contributed by atoms with E-state index in [2.05, 4.69) is 0 Å². The summed E-state index contributed by atoms with van der Waals surface area (Å²) in [5.74, 6) is -0.0625. The maximum atomic E-state index is 12.1. The van der Waals surface area contributed by atoms with Crippen LogP contribution in [0.2, 0.25) is 0 Å². The van der Waals surface area contributed by atoms with Crippen molar-refractivity contribution in [2.75, 3.05) is 20.8 Å². The molecule has 0 aromatic heterocycles. The molecule has 0 N–H and O–H groups in total. The van der Waals surface area contributed by atoms with Crippen molar-refractivity contribution in [2.45, 2.75) is 12.5 Å². The molecule has 15 heavy (non-hydrogen) atoms. The Morgan fingerprint density at radius 3 is 2.33 bits per heavy atom. The van der Waals surface area contributed by atoms with E-state index in [0.29, 0.717) is 5.56 Å². The van der Waals surface area contributed by atoms with E-state index >= 15 is 0 Å². The van der Waals surface area contributed by atoms with Gasteiger partial charge in [0.05, 0.1) is 6.61 Å². The lowest BCUT2D eigenvalue weighted by atomic mass is 9.95. The van der Waals surface area contributed by atoms with Crippen LogP contribution >= 0.6 is 0 Å². The second-order valence-corrected chi connectivity index (χ2v) is 3.56. The van der Waals surface area contributed by atoms with Crippen LogP contribution in [0.1, 0.15) is 17.3 Å². The smallest absolute Gasteiger partial charge is 0.196 e. The van der Waals surface area contributed by atoms with Gasteiger partial charge in [-0.05, 0) is 6.92 Å². The second kappa shape index (κ2) is 5.05. The summed E-state index contributed by atoms with van der Waals surface area (Å²) in [6, 6.07) is 9.08. The summed E-state index contributed by atoms with van der Waals surface area (Å²) >= 11 is 0. The van der Waals surface area contributed by atoms with E-state index in [1.807, 2.05) is 18.2 Å². The van der Waals surface area contributed by atoms with Crippen LogP contribution < -0.4 is 0 Å². The molecule has 0 aliphatic heterocycles. The quantitative estimate of drug-likeness (QED) is 0.693. The van der Waals surface area contributed by atoms with Gasteiger partial charge in [0.2, 0.25) is 0 Å². The first-order valence-corrected chi connectivity index (χ1v) is 4.78. The van der Waals surface area contributed by atoms with Gasteiger partial charge in [0.1, 0.15) is 0 Å². The van der Waals surface area contributed by atoms with E-state index in [9.17, 15) is 4.79 Å². The third kappa shape index (κ3) is 2.64. The number of methoxy groups -OCH3 is 2. The average Bonchev–Trinajstić information content (AvgIpc) is 2.29. The van der Waals surface area contributed by atoms with E-state index in [1.54, 1.807) is 26.2 Å². The van der Waals surface area contributed by atoms with Crippen molar-refractivity contribution in [1.82, 2.24) is 0 Å². The number of ketones is 1. The summed E-state index contributed by atoms with van der Waals surface area (Å²) in [4.78, 5) is 12.1. The molecule has 0 fully saturated rings. The minimum absolute atomic E-state index is 0.0625. The van der Waals surface area contributed by atoms with Crippen LogP contribution in [0.5, 0.6) is 0 Å². The predicted molar refractivity (Wildman–Crippen MR) is 58.1 cm³/mol. The molecule has 0 heterocycles. The molecule has 0 aliphatic carbocycles. The highest BCUT2D eigenvalue weighted by atomic mass is 16.5. The Bertz CT molecular complexity index is 321. The minimum atomic E-state index is -0.907. The zero-order valence-corrected chi connectivity index (χ0v) is 9.32. The molecular formula is C12H16O3. The van der Waals surface area contributed by atoms with E-state index in [4.69, 9.17) is 9.47 Å². The normalized spacial score (nSPS) is 14.6. The maximum absolute atomic E-state index is 12.1. The fourth-order valence-corrected chi connectivity index (χ4v) is 1.39. The number of Topliss-reactive ketones (excluding diaryl/α,β-unsaturated/α-hetero) is 1. The van der Waals surface area contributed by atoms with Gasteiger partial charge in [-0.25, -0.2) is 0 Å². The second-order valence-electron chi connectivity index (χ2n) is 3.56. The lowest BCUT2D eigenvalue weighted by Gasteiger charge is -2.25. The van der Waals surface area contributed by atoms with Crippen molar-refractivity contribution in [3.8, 4) is 0 Å². The van der Waals surface area contributed by atoms with Crippen LogP contribution in [-0.4, -0.2) is 32.2 Å². The lowest BCUT2D eigenvalue weighted by Crippen LogP contribution is -2.41. The van der Waals surface area contributed by atoms with E-state index < -0.39 is 5.60 Å². The zero-order chi connectivity index (χ0) is 11.3. The van der Waals surface area contributed by atoms with Crippen LogP contribution in [0.25, 0.3) is 0 Å². The molecule has 3 nitrogen and oxygen atoms in total. The maximum Gasteiger partial charge on any atom is 0.196 e. The highest BCUT2D eigenvalue weighted by Gasteiger charge is 2.33. The Balaban J connectivity index is 2.92. The van der Waals surface area contributed by atoms with Gasteiger partial charge in [0.15, 0.2) is 11.4 Å². The molecule has 0 bridgehead atoms. The summed E-state index contributed by atoms with van der Waals surface area (Å²) in [5.41, 5.74) is -0.269. The first-order chi connectivity index (χ1) is 7.14. The van der Waals surface area contributed by atoms with Gasteiger partial charge in [-0.1, -0.05) is 30.3 Å². The first-order valence-electron chi connectivity index (χ1n) is 4.78. The summed E-state index contributed by atoms with van der Waals surface area (Å²) < 4.78 is 10.2. The van der Waals surface area contributed by atoms with Crippen LogP contribution in [0, 0.1) is 0 Å². The number of carbonyl (C=O) groups excluding carboxylic acids is 1. The molecular weight excluding hydrogens is 192 g/mol.